The number of quaternary nitrogens is 1. The third kappa shape index (κ3) is 16.1. The molecule has 0 bridgehead atoms. The normalized spacial score (nSPS) is 12.3. The molecule has 0 saturated carbocycles. The van der Waals surface area contributed by atoms with E-state index in [0.29, 0.717) is 12.8 Å². The summed E-state index contributed by atoms with van der Waals surface area (Å²) < 4.78 is 12.8. The van der Waals surface area contributed by atoms with Gasteiger partial charge in [0.15, 0.2) is 0 Å². The molecule has 0 N–H and O–H groups in total. The lowest BCUT2D eigenvalue weighted by molar-refractivity contribution is -0.903. The SMILES string of the molecule is CCCCCCCCCCCCc1cccc(OC(CCC)OC(=O)CCCC[N+](C)(C)Cc2ccccc2)c1. The van der Waals surface area contributed by atoms with Crippen LogP contribution >= 0.6 is 0 Å². The summed E-state index contributed by atoms with van der Waals surface area (Å²) in [4.78, 5) is 12.6. The van der Waals surface area contributed by atoms with Crippen molar-refractivity contribution >= 4 is 5.97 Å². The summed E-state index contributed by atoms with van der Waals surface area (Å²) in [5.41, 5.74) is 2.65. The van der Waals surface area contributed by atoms with Gasteiger partial charge in [-0.2, -0.15) is 0 Å². The summed E-state index contributed by atoms with van der Waals surface area (Å²) in [6.07, 6.45) is 17.9. The summed E-state index contributed by atoms with van der Waals surface area (Å²) in [6, 6.07) is 18.9. The van der Waals surface area contributed by atoms with Crippen molar-refractivity contribution in [1.82, 2.24) is 0 Å². The molecule has 1 atom stereocenters. The molecule has 4 nitrogen and oxygen atoms in total. The summed E-state index contributed by atoms with van der Waals surface area (Å²) in [7, 11) is 4.50. The second-order valence-electron chi connectivity index (χ2n) is 12.2. The van der Waals surface area contributed by atoms with Crippen LogP contribution in [0.5, 0.6) is 5.75 Å². The molecule has 0 radical (unpaired) electrons. The monoisotopic (exact) mass is 552 g/mol. The lowest BCUT2D eigenvalue weighted by Crippen LogP contribution is -2.39. The lowest BCUT2D eigenvalue weighted by Gasteiger charge is -2.30. The molecule has 2 rings (SSSR count). The minimum absolute atomic E-state index is 0.159. The van der Waals surface area contributed by atoms with Crippen molar-refractivity contribution < 1.29 is 18.8 Å². The Hall–Kier alpha value is -2.33. The van der Waals surface area contributed by atoms with Crippen molar-refractivity contribution in [3.63, 3.8) is 0 Å². The van der Waals surface area contributed by atoms with Crippen LogP contribution in [0.1, 0.15) is 121 Å². The van der Waals surface area contributed by atoms with Gasteiger partial charge in [0.25, 0.3) is 0 Å². The van der Waals surface area contributed by atoms with E-state index in [0.717, 1.165) is 49.0 Å². The van der Waals surface area contributed by atoms with Gasteiger partial charge >= 0.3 is 5.97 Å². The largest absolute Gasteiger partial charge is 0.455 e. The zero-order valence-corrected chi connectivity index (χ0v) is 26.2. The molecule has 2 aromatic rings. The van der Waals surface area contributed by atoms with E-state index in [1.165, 1.54) is 75.3 Å². The van der Waals surface area contributed by atoms with Crippen LogP contribution in [0.4, 0.5) is 0 Å². The van der Waals surface area contributed by atoms with Crippen LogP contribution in [-0.2, 0) is 22.5 Å². The Morgan fingerprint density at radius 2 is 1.38 bits per heavy atom. The molecule has 40 heavy (non-hydrogen) atoms. The van der Waals surface area contributed by atoms with Crippen LogP contribution in [0.25, 0.3) is 0 Å². The number of aryl methyl sites for hydroxylation is 1. The van der Waals surface area contributed by atoms with Gasteiger partial charge in [-0.3, -0.25) is 4.79 Å². The van der Waals surface area contributed by atoms with Crippen LogP contribution in [0.2, 0.25) is 0 Å². The highest BCUT2D eigenvalue weighted by Gasteiger charge is 2.18. The van der Waals surface area contributed by atoms with Crippen molar-refractivity contribution in [3.8, 4) is 5.75 Å². The summed E-state index contributed by atoms with van der Waals surface area (Å²) in [5.74, 6) is 0.643. The van der Waals surface area contributed by atoms with Gasteiger partial charge in [0.1, 0.15) is 12.3 Å². The smallest absolute Gasteiger partial charge is 0.308 e. The molecule has 0 aliphatic carbocycles. The number of hydrogen-bond acceptors (Lipinski definition) is 3. The van der Waals surface area contributed by atoms with Gasteiger partial charge in [-0.1, -0.05) is 114 Å². The molecule has 0 aromatic heterocycles. The predicted octanol–water partition coefficient (Wildman–Crippen LogP) is 9.65. The number of rotatable bonds is 23. The molecule has 4 heteroatoms. The van der Waals surface area contributed by atoms with Gasteiger partial charge in [0.2, 0.25) is 6.29 Å². The van der Waals surface area contributed by atoms with Crippen molar-refractivity contribution in [3.05, 3.63) is 65.7 Å². The lowest BCUT2D eigenvalue weighted by atomic mass is 10.0. The van der Waals surface area contributed by atoms with Crippen molar-refractivity contribution in [1.29, 1.82) is 0 Å². The fourth-order valence-corrected chi connectivity index (χ4v) is 5.29. The second kappa shape index (κ2) is 20.5. The van der Waals surface area contributed by atoms with Crippen LogP contribution < -0.4 is 4.74 Å². The van der Waals surface area contributed by atoms with Crippen molar-refractivity contribution in [2.75, 3.05) is 20.6 Å². The number of hydrogen-bond donors (Lipinski definition) is 0. The molecule has 2 aromatic carbocycles. The number of carbonyl (C=O) groups is 1. The minimum Gasteiger partial charge on any atom is -0.455 e. The number of nitrogens with zero attached hydrogens (tertiary/aromatic N) is 1. The fraction of sp³-hybridized carbons (Fsp3) is 0.639. The number of benzene rings is 2. The van der Waals surface area contributed by atoms with E-state index in [1.54, 1.807) is 0 Å². The first-order valence-corrected chi connectivity index (χ1v) is 16.2. The number of esters is 1. The molecule has 0 aliphatic heterocycles. The summed E-state index contributed by atoms with van der Waals surface area (Å²) >= 11 is 0. The maximum atomic E-state index is 12.6. The summed E-state index contributed by atoms with van der Waals surface area (Å²) in [5, 5.41) is 0. The van der Waals surface area contributed by atoms with Gasteiger partial charge in [0.05, 0.1) is 20.6 Å². The molecule has 0 aliphatic rings. The van der Waals surface area contributed by atoms with Gasteiger partial charge < -0.3 is 14.0 Å². The van der Waals surface area contributed by atoms with Crippen molar-refractivity contribution in [2.24, 2.45) is 0 Å². The highest BCUT2D eigenvalue weighted by atomic mass is 16.7. The van der Waals surface area contributed by atoms with Crippen LogP contribution in [-0.4, -0.2) is 37.4 Å². The second-order valence-corrected chi connectivity index (χ2v) is 12.2. The Labute approximate surface area is 246 Å². The zero-order chi connectivity index (χ0) is 28.9. The molecule has 1 unspecified atom stereocenters. The molecule has 0 spiro atoms. The first kappa shape index (κ1) is 33.9. The Morgan fingerprint density at radius 3 is 2.05 bits per heavy atom. The molecular weight excluding hydrogens is 494 g/mol. The zero-order valence-electron chi connectivity index (χ0n) is 26.2. The quantitative estimate of drug-likeness (QED) is 0.0596. The van der Waals surface area contributed by atoms with E-state index in [-0.39, 0.29) is 5.97 Å². The van der Waals surface area contributed by atoms with E-state index in [1.807, 2.05) is 6.07 Å². The van der Waals surface area contributed by atoms with E-state index in [4.69, 9.17) is 9.47 Å². The predicted molar refractivity (Wildman–Crippen MR) is 168 cm³/mol. The third-order valence-electron chi connectivity index (χ3n) is 7.62. The standard InChI is InChI=1S/C36H58NO3/c1-5-7-8-9-10-11-12-13-14-16-23-32-26-21-27-34(30-32)39-36(22-6-2)40-35(38)28-19-20-29-37(3,4)31-33-24-17-15-18-25-33/h15,17-18,21,24-27,30,36H,5-14,16,19-20,22-23,28-29,31H2,1-4H3/q+1. The fourth-order valence-electron chi connectivity index (χ4n) is 5.29. The van der Waals surface area contributed by atoms with Gasteiger partial charge in [-0.05, 0) is 49.8 Å². The minimum atomic E-state index is -0.518. The van der Waals surface area contributed by atoms with E-state index >= 15 is 0 Å². The molecular formula is C36H58NO3+. The average Bonchev–Trinajstić information content (AvgIpc) is 2.93. The van der Waals surface area contributed by atoms with Gasteiger partial charge in [-0.15, -0.1) is 0 Å². The molecule has 0 heterocycles. The van der Waals surface area contributed by atoms with E-state index in [9.17, 15) is 4.79 Å². The average molecular weight is 553 g/mol. The number of unbranched alkanes of at least 4 members (excludes halogenated alkanes) is 10. The Morgan fingerprint density at radius 1 is 0.725 bits per heavy atom. The highest BCUT2D eigenvalue weighted by molar-refractivity contribution is 5.69. The van der Waals surface area contributed by atoms with E-state index in [2.05, 4.69) is 76.5 Å². The Balaban J connectivity index is 1.66. The first-order valence-electron chi connectivity index (χ1n) is 16.2. The summed E-state index contributed by atoms with van der Waals surface area (Å²) in [6.45, 7) is 6.40. The Bertz CT molecular complexity index is 911. The molecule has 224 valence electrons. The van der Waals surface area contributed by atoms with Crippen molar-refractivity contribution in [2.45, 2.75) is 129 Å². The first-order chi connectivity index (χ1) is 19.4. The van der Waals surface area contributed by atoms with Crippen LogP contribution in [0.3, 0.4) is 0 Å². The maximum Gasteiger partial charge on any atom is 0.308 e. The Kier molecular flexibility index (Phi) is 17.4. The molecule has 0 amide bonds. The van der Waals surface area contributed by atoms with Crippen LogP contribution in [0.15, 0.2) is 54.6 Å². The third-order valence-corrected chi connectivity index (χ3v) is 7.62. The number of ether oxygens (including phenoxy) is 2. The van der Waals surface area contributed by atoms with Crippen LogP contribution in [0, 0.1) is 0 Å². The number of carbonyl (C=O) groups excluding carboxylic acids is 1. The molecule has 0 saturated heterocycles. The van der Waals surface area contributed by atoms with Gasteiger partial charge in [-0.25, -0.2) is 0 Å². The molecule has 0 fully saturated rings. The van der Waals surface area contributed by atoms with Gasteiger partial charge in [0, 0.05) is 18.4 Å². The van der Waals surface area contributed by atoms with E-state index < -0.39 is 6.29 Å². The highest BCUT2D eigenvalue weighted by Crippen LogP contribution is 2.20. The topological polar surface area (TPSA) is 35.5 Å². The maximum absolute atomic E-state index is 12.6.